The summed E-state index contributed by atoms with van der Waals surface area (Å²) in [7, 11) is 0. The van der Waals surface area contributed by atoms with E-state index in [-0.39, 0.29) is 0 Å². The molecule has 0 aliphatic rings. The summed E-state index contributed by atoms with van der Waals surface area (Å²) in [6.07, 6.45) is 19.5. The predicted molar refractivity (Wildman–Crippen MR) is 93.4 cm³/mol. The Balaban J connectivity index is 2.97. The van der Waals surface area contributed by atoms with Crippen molar-refractivity contribution in [2.75, 3.05) is 13.1 Å². The predicted octanol–water partition coefficient (Wildman–Crippen LogP) is 6.24. The Bertz CT molecular complexity index is 204. The molecule has 20 heavy (non-hydrogen) atoms. The van der Waals surface area contributed by atoms with Crippen LogP contribution in [0.1, 0.15) is 97.8 Å². The maximum Gasteiger partial charge on any atom is 0.0137 e. The van der Waals surface area contributed by atoms with Gasteiger partial charge in [0, 0.05) is 6.54 Å². The van der Waals surface area contributed by atoms with Crippen molar-refractivity contribution in [3.63, 3.8) is 0 Å². The zero-order valence-electron chi connectivity index (χ0n) is 14.5. The monoisotopic (exact) mass is 281 g/mol. The van der Waals surface area contributed by atoms with Crippen LogP contribution in [0.25, 0.3) is 0 Å². The second-order valence-corrected chi connectivity index (χ2v) is 6.37. The molecule has 0 aromatic carbocycles. The fourth-order valence-corrected chi connectivity index (χ4v) is 2.47. The number of hydrogen-bond acceptors (Lipinski definition) is 1. The van der Waals surface area contributed by atoms with E-state index in [2.05, 4.69) is 32.2 Å². The highest BCUT2D eigenvalue weighted by molar-refractivity contribution is 4.94. The second kappa shape index (κ2) is 16.8. The smallest absolute Gasteiger partial charge is 0.0137 e. The molecular formula is C19H39N. The van der Waals surface area contributed by atoms with Crippen LogP contribution in [-0.2, 0) is 0 Å². The first-order valence-corrected chi connectivity index (χ1v) is 9.11. The largest absolute Gasteiger partial charge is 0.313 e. The fraction of sp³-hybridized carbons (Fsp3) is 0.895. The highest BCUT2D eigenvalue weighted by Gasteiger charge is 1.93. The molecule has 0 saturated carbocycles. The van der Waals surface area contributed by atoms with E-state index in [9.17, 15) is 0 Å². The zero-order valence-corrected chi connectivity index (χ0v) is 14.5. The van der Waals surface area contributed by atoms with Gasteiger partial charge in [-0.25, -0.2) is 0 Å². The van der Waals surface area contributed by atoms with Gasteiger partial charge in [-0.1, -0.05) is 89.2 Å². The summed E-state index contributed by atoms with van der Waals surface area (Å²) in [6.45, 7) is 8.83. The fourth-order valence-electron chi connectivity index (χ4n) is 2.47. The molecular weight excluding hydrogens is 242 g/mol. The Morgan fingerprint density at radius 3 is 1.60 bits per heavy atom. The van der Waals surface area contributed by atoms with Gasteiger partial charge in [0.05, 0.1) is 0 Å². The number of rotatable bonds is 15. The number of hydrogen-bond donors (Lipinski definition) is 1. The van der Waals surface area contributed by atoms with Crippen molar-refractivity contribution in [1.29, 1.82) is 0 Å². The van der Waals surface area contributed by atoms with Gasteiger partial charge in [0.15, 0.2) is 0 Å². The van der Waals surface area contributed by atoms with Gasteiger partial charge < -0.3 is 5.32 Å². The first-order valence-electron chi connectivity index (χ1n) is 9.11. The van der Waals surface area contributed by atoms with Crippen LogP contribution in [0.4, 0.5) is 0 Å². The van der Waals surface area contributed by atoms with E-state index in [0.717, 1.165) is 6.54 Å². The highest BCUT2D eigenvalue weighted by atomic mass is 14.8. The summed E-state index contributed by atoms with van der Waals surface area (Å²) in [5.74, 6) is 0. The molecule has 0 bridgehead atoms. The van der Waals surface area contributed by atoms with Gasteiger partial charge in [-0.15, -0.1) is 0 Å². The van der Waals surface area contributed by atoms with Gasteiger partial charge >= 0.3 is 0 Å². The lowest BCUT2D eigenvalue weighted by atomic mass is 10.1. The molecule has 0 aliphatic carbocycles. The normalized spacial score (nSPS) is 10.8. The highest BCUT2D eigenvalue weighted by Crippen LogP contribution is 2.11. The molecule has 0 aromatic heterocycles. The van der Waals surface area contributed by atoms with E-state index in [1.54, 1.807) is 0 Å². The van der Waals surface area contributed by atoms with Crippen molar-refractivity contribution >= 4 is 0 Å². The van der Waals surface area contributed by atoms with Crippen LogP contribution in [0.5, 0.6) is 0 Å². The molecule has 1 nitrogen and oxygen atoms in total. The summed E-state index contributed by atoms with van der Waals surface area (Å²) in [5.41, 5.74) is 1.41. The third-order valence-electron chi connectivity index (χ3n) is 3.86. The van der Waals surface area contributed by atoms with Gasteiger partial charge in [-0.2, -0.15) is 0 Å². The topological polar surface area (TPSA) is 12.0 Å². The van der Waals surface area contributed by atoms with Crippen LogP contribution in [0.15, 0.2) is 11.6 Å². The zero-order chi connectivity index (χ0) is 14.9. The Hall–Kier alpha value is -0.300. The molecule has 0 saturated heterocycles. The number of unbranched alkanes of at least 4 members (excludes halogenated alkanes) is 11. The molecule has 0 fully saturated rings. The Labute approximate surface area is 128 Å². The van der Waals surface area contributed by atoms with Crippen LogP contribution in [0, 0.1) is 0 Å². The van der Waals surface area contributed by atoms with Crippen LogP contribution in [-0.4, -0.2) is 13.1 Å². The summed E-state index contributed by atoms with van der Waals surface area (Å²) in [5, 5.41) is 3.48. The van der Waals surface area contributed by atoms with Crippen LogP contribution in [0.2, 0.25) is 0 Å². The third kappa shape index (κ3) is 17.7. The lowest BCUT2D eigenvalue weighted by Crippen LogP contribution is -2.15. The van der Waals surface area contributed by atoms with Gasteiger partial charge in [0.2, 0.25) is 0 Å². The molecule has 0 heterocycles. The van der Waals surface area contributed by atoms with Crippen LogP contribution >= 0.6 is 0 Å². The SMILES string of the molecule is CCCCCCCCCCCCCCNCC=C(C)C. The second-order valence-electron chi connectivity index (χ2n) is 6.37. The van der Waals surface area contributed by atoms with Crippen LogP contribution < -0.4 is 5.32 Å². The Morgan fingerprint density at radius 2 is 1.15 bits per heavy atom. The van der Waals surface area contributed by atoms with E-state index in [0.29, 0.717) is 0 Å². The van der Waals surface area contributed by atoms with Crippen molar-refractivity contribution in [3.05, 3.63) is 11.6 Å². The summed E-state index contributed by atoms with van der Waals surface area (Å²) in [6, 6.07) is 0. The molecule has 1 heteroatoms. The third-order valence-corrected chi connectivity index (χ3v) is 3.86. The molecule has 0 spiro atoms. The van der Waals surface area contributed by atoms with Crippen molar-refractivity contribution in [3.8, 4) is 0 Å². The first kappa shape index (κ1) is 19.7. The molecule has 0 amide bonds. The minimum Gasteiger partial charge on any atom is -0.313 e. The molecule has 0 rings (SSSR count). The standard InChI is InChI=1S/C19H39N/c1-4-5-6-7-8-9-10-11-12-13-14-15-17-20-18-16-19(2)3/h16,20H,4-15,17-18H2,1-3H3. The molecule has 0 aromatic rings. The molecule has 1 N–H and O–H groups in total. The van der Waals surface area contributed by atoms with E-state index >= 15 is 0 Å². The average Bonchev–Trinajstić information content (AvgIpc) is 2.43. The Kier molecular flexibility index (Phi) is 16.5. The quantitative estimate of drug-likeness (QED) is 0.276. The maximum atomic E-state index is 3.48. The van der Waals surface area contributed by atoms with E-state index < -0.39 is 0 Å². The van der Waals surface area contributed by atoms with E-state index in [1.807, 2.05) is 0 Å². The lowest BCUT2D eigenvalue weighted by molar-refractivity contribution is 0.539. The average molecular weight is 282 g/mol. The Morgan fingerprint density at radius 1 is 0.700 bits per heavy atom. The van der Waals surface area contributed by atoms with Gasteiger partial charge in [-0.3, -0.25) is 0 Å². The lowest BCUT2D eigenvalue weighted by Gasteiger charge is -2.03. The molecule has 0 atom stereocenters. The van der Waals surface area contributed by atoms with Crippen molar-refractivity contribution in [2.45, 2.75) is 97.8 Å². The van der Waals surface area contributed by atoms with Crippen molar-refractivity contribution < 1.29 is 0 Å². The maximum absolute atomic E-state index is 3.48. The molecule has 0 aliphatic heterocycles. The van der Waals surface area contributed by atoms with E-state index in [1.165, 1.54) is 89.2 Å². The number of nitrogens with one attached hydrogen (secondary N) is 1. The van der Waals surface area contributed by atoms with Crippen molar-refractivity contribution in [2.24, 2.45) is 0 Å². The van der Waals surface area contributed by atoms with Gasteiger partial charge in [0.25, 0.3) is 0 Å². The summed E-state index contributed by atoms with van der Waals surface area (Å²) < 4.78 is 0. The molecule has 120 valence electrons. The van der Waals surface area contributed by atoms with Crippen molar-refractivity contribution in [1.82, 2.24) is 5.32 Å². The first-order chi connectivity index (χ1) is 9.77. The number of allylic oxidation sites excluding steroid dienone is 1. The molecule has 0 unspecified atom stereocenters. The molecule has 0 radical (unpaired) electrons. The minimum absolute atomic E-state index is 1.04. The van der Waals surface area contributed by atoms with Crippen LogP contribution in [0.3, 0.4) is 0 Å². The summed E-state index contributed by atoms with van der Waals surface area (Å²) in [4.78, 5) is 0. The minimum atomic E-state index is 1.04. The van der Waals surface area contributed by atoms with Gasteiger partial charge in [0.1, 0.15) is 0 Å². The van der Waals surface area contributed by atoms with Gasteiger partial charge in [-0.05, 0) is 26.8 Å². The summed E-state index contributed by atoms with van der Waals surface area (Å²) >= 11 is 0. The van der Waals surface area contributed by atoms with E-state index in [4.69, 9.17) is 0 Å².